The number of ether oxygens (including phenoxy) is 1. The maximum atomic E-state index is 5.80. The summed E-state index contributed by atoms with van der Waals surface area (Å²) in [5.74, 6) is 2.07. The third-order valence-electron chi connectivity index (χ3n) is 3.20. The van der Waals surface area contributed by atoms with Crippen molar-refractivity contribution in [3.63, 3.8) is 0 Å². The molecule has 0 aliphatic heterocycles. The summed E-state index contributed by atoms with van der Waals surface area (Å²) >= 11 is 5.80. The number of nitrogens with zero attached hydrogens (tertiary/aromatic N) is 2. The largest absolute Gasteiger partial charge is 0.476 e. The lowest BCUT2D eigenvalue weighted by Gasteiger charge is -2.25. The van der Waals surface area contributed by atoms with Gasteiger partial charge in [0.25, 0.3) is 0 Å². The average molecular weight is 241 g/mol. The molecule has 1 aromatic rings. The van der Waals surface area contributed by atoms with Gasteiger partial charge < -0.3 is 4.74 Å². The molecule has 0 atom stereocenters. The van der Waals surface area contributed by atoms with E-state index in [-0.39, 0.29) is 0 Å². The van der Waals surface area contributed by atoms with Crippen molar-refractivity contribution in [2.24, 2.45) is 11.8 Å². The standard InChI is InChI=1S/C12H17ClN2O/c1-9-2-4-10(5-3-9)8-16-12-6-11(13)7-14-15-12/h6-7,9-10H,2-5,8H2,1H3. The molecular formula is C12H17ClN2O. The maximum Gasteiger partial charge on any atom is 0.234 e. The SMILES string of the molecule is CC1CCC(COc2cc(Cl)cnn2)CC1. The van der Waals surface area contributed by atoms with Crippen LogP contribution in [0, 0.1) is 11.8 Å². The van der Waals surface area contributed by atoms with Crippen molar-refractivity contribution in [3.05, 3.63) is 17.3 Å². The minimum Gasteiger partial charge on any atom is -0.476 e. The molecule has 1 aliphatic carbocycles. The zero-order valence-electron chi connectivity index (χ0n) is 9.53. The molecule has 1 heterocycles. The van der Waals surface area contributed by atoms with Crippen molar-refractivity contribution in [3.8, 4) is 5.88 Å². The van der Waals surface area contributed by atoms with E-state index in [2.05, 4.69) is 17.1 Å². The van der Waals surface area contributed by atoms with E-state index in [1.807, 2.05) is 0 Å². The Morgan fingerprint density at radius 3 is 2.81 bits per heavy atom. The minimum atomic E-state index is 0.533. The predicted molar refractivity (Wildman–Crippen MR) is 63.7 cm³/mol. The van der Waals surface area contributed by atoms with Crippen molar-refractivity contribution in [1.82, 2.24) is 10.2 Å². The summed E-state index contributed by atoms with van der Waals surface area (Å²) in [5.41, 5.74) is 0. The molecule has 3 nitrogen and oxygen atoms in total. The second-order valence-corrected chi connectivity index (χ2v) is 5.09. The zero-order valence-corrected chi connectivity index (χ0v) is 10.3. The van der Waals surface area contributed by atoms with E-state index in [4.69, 9.17) is 16.3 Å². The molecule has 16 heavy (non-hydrogen) atoms. The number of aromatic nitrogens is 2. The molecule has 2 rings (SSSR count). The second-order valence-electron chi connectivity index (χ2n) is 4.65. The van der Waals surface area contributed by atoms with Crippen molar-refractivity contribution in [2.75, 3.05) is 6.61 Å². The smallest absolute Gasteiger partial charge is 0.234 e. The lowest BCUT2D eigenvalue weighted by atomic mass is 9.83. The van der Waals surface area contributed by atoms with Gasteiger partial charge >= 0.3 is 0 Å². The van der Waals surface area contributed by atoms with Crippen LogP contribution in [0.1, 0.15) is 32.6 Å². The molecule has 0 spiro atoms. The fourth-order valence-corrected chi connectivity index (χ4v) is 2.23. The molecule has 1 fully saturated rings. The third-order valence-corrected chi connectivity index (χ3v) is 3.41. The van der Waals surface area contributed by atoms with Crippen LogP contribution in [0.15, 0.2) is 12.3 Å². The third kappa shape index (κ3) is 3.34. The maximum absolute atomic E-state index is 5.80. The summed E-state index contributed by atoms with van der Waals surface area (Å²) in [4.78, 5) is 0. The van der Waals surface area contributed by atoms with Crippen LogP contribution in [-0.4, -0.2) is 16.8 Å². The number of hydrogen-bond acceptors (Lipinski definition) is 3. The lowest BCUT2D eigenvalue weighted by Crippen LogP contribution is -2.19. The molecule has 4 heteroatoms. The Hall–Kier alpha value is -0.830. The molecule has 1 aliphatic rings. The van der Waals surface area contributed by atoms with Gasteiger partial charge in [0.15, 0.2) is 0 Å². The Labute approximate surface area is 101 Å². The summed E-state index contributed by atoms with van der Waals surface area (Å²) in [7, 11) is 0. The van der Waals surface area contributed by atoms with E-state index >= 15 is 0 Å². The van der Waals surface area contributed by atoms with Crippen molar-refractivity contribution < 1.29 is 4.74 Å². The van der Waals surface area contributed by atoms with Gasteiger partial charge in [-0.15, -0.1) is 5.10 Å². The van der Waals surface area contributed by atoms with Crippen LogP contribution < -0.4 is 4.74 Å². The van der Waals surface area contributed by atoms with E-state index in [9.17, 15) is 0 Å². The molecule has 1 saturated carbocycles. The van der Waals surface area contributed by atoms with Crippen molar-refractivity contribution in [2.45, 2.75) is 32.6 Å². The first-order valence-corrected chi connectivity index (χ1v) is 6.23. The van der Waals surface area contributed by atoms with E-state index in [0.717, 1.165) is 12.5 Å². The molecule has 0 radical (unpaired) electrons. The quantitative estimate of drug-likeness (QED) is 0.813. The van der Waals surface area contributed by atoms with Gasteiger partial charge in [0.1, 0.15) is 0 Å². The molecule has 0 amide bonds. The number of hydrogen-bond donors (Lipinski definition) is 0. The van der Waals surface area contributed by atoms with Gasteiger partial charge in [0, 0.05) is 6.07 Å². The first kappa shape index (κ1) is 11.6. The van der Waals surface area contributed by atoms with Gasteiger partial charge in [-0.1, -0.05) is 31.4 Å². The van der Waals surface area contributed by atoms with Gasteiger partial charge in [0.05, 0.1) is 17.8 Å². The van der Waals surface area contributed by atoms with Crippen molar-refractivity contribution >= 4 is 11.6 Å². The molecule has 0 aromatic carbocycles. The molecule has 88 valence electrons. The van der Waals surface area contributed by atoms with Crippen LogP contribution in [0.5, 0.6) is 5.88 Å². The van der Waals surface area contributed by atoms with Crippen LogP contribution in [0.25, 0.3) is 0 Å². The fraction of sp³-hybridized carbons (Fsp3) is 0.667. The molecule has 0 N–H and O–H groups in total. The van der Waals surface area contributed by atoms with E-state index < -0.39 is 0 Å². The second kappa shape index (κ2) is 5.48. The summed E-state index contributed by atoms with van der Waals surface area (Å²) in [6.45, 7) is 3.06. The minimum absolute atomic E-state index is 0.533. The van der Waals surface area contributed by atoms with Gasteiger partial charge in [-0.25, -0.2) is 0 Å². The van der Waals surface area contributed by atoms with Gasteiger partial charge in [-0.3, -0.25) is 0 Å². The van der Waals surface area contributed by atoms with Crippen LogP contribution in [-0.2, 0) is 0 Å². The zero-order chi connectivity index (χ0) is 11.4. The summed E-state index contributed by atoms with van der Waals surface area (Å²) in [6, 6.07) is 1.71. The van der Waals surface area contributed by atoms with Gasteiger partial charge in [-0.2, -0.15) is 5.10 Å². The Balaban J connectivity index is 1.79. The van der Waals surface area contributed by atoms with Crippen molar-refractivity contribution in [1.29, 1.82) is 0 Å². The summed E-state index contributed by atoms with van der Waals surface area (Å²) < 4.78 is 5.60. The highest BCUT2D eigenvalue weighted by Gasteiger charge is 2.18. The van der Waals surface area contributed by atoms with E-state index in [1.54, 1.807) is 6.07 Å². The highest BCUT2D eigenvalue weighted by atomic mass is 35.5. The first-order valence-electron chi connectivity index (χ1n) is 5.85. The summed E-state index contributed by atoms with van der Waals surface area (Å²) in [5, 5.41) is 8.21. The Morgan fingerprint density at radius 1 is 1.38 bits per heavy atom. The first-order chi connectivity index (χ1) is 7.74. The topological polar surface area (TPSA) is 35.0 Å². The molecular weight excluding hydrogens is 224 g/mol. The van der Waals surface area contributed by atoms with Crippen LogP contribution in [0.2, 0.25) is 5.02 Å². The Morgan fingerprint density at radius 2 is 2.12 bits per heavy atom. The normalized spacial score (nSPS) is 25.4. The van der Waals surface area contributed by atoms with Crippen LogP contribution >= 0.6 is 11.6 Å². The predicted octanol–water partition coefficient (Wildman–Crippen LogP) is 3.34. The monoisotopic (exact) mass is 240 g/mol. The molecule has 0 bridgehead atoms. The molecule has 0 saturated heterocycles. The summed E-state index contributed by atoms with van der Waals surface area (Å²) in [6.07, 6.45) is 6.66. The van der Waals surface area contributed by atoms with Gasteiger partial charge in [0.2, 0.25) is 5.88 Å². The van der Waals surface area contributed by atoms with E-state index in [1.165, 1.54) is 31.9 Å². The Bertz CT molecular complexity index is 338. The highest BCUT2D eigenvalue weighted by molar-refractivity contribution is 6.30. The highest BCUT2D eigenvalue weighted by Crippen LogP contribution is 2.28. The van der Waals surface area contributed by atoms with Crippen LogP contribution in [0.3, 0.4) is 0 Å². The number of rotatable bonds is 3. The molecule has 0 unspecified atom stereocenters. The van der Waals surface area contributed by atoms with Gasteiger partial charge in [-0.05, 0) is 24.7 Å². The fourth-order valence-electron chi connectivity index (χ4n) is 2.09. The number of halogens is 1. The Kier molecular flexibility index (Phi) is 3.99. The lowest BCUT2D eigenvalue weighted by molar-refractivity contribution is 0.182. The average Bonchev–Trinajstić information content (AvgIpc) is 2.28. The van der Waals surface area contributed by atoms with Crippen LogP contribution in [0.4, 0.5) is 0 Å². The molecule has 1 aromatic heterocycles. The van der Waals surface area contributed by atoms with E-state index in [0.29, 0.717) is 16.8 Å².